The second-order valence-corrected chi connectivity index (χ2v) is 3.33. The summed E-state index contributed by atoms with van der Waals surface area (Å²) in [6.45, 7) is 2.29. The molecule has 0 radical (unpaired) electrons. The largest absolute Gasteiger partial charge is 0.0823 e. The van der Waals surface area contributed by atoms with E-state index in [-0.39, 0.29) is 0 Å². The van der Waals surface area contributed by atoms with E-state index in [1.807, 2.05) is 0 Å². The van der Waals surface area contributed by atoms with Gasteiger partial charge in [0.15, 0.2) is 0 Å². The van der Waals surface area contributed by atoms with Crippen molar-refractivity contribution < 1.29 is 0 Å². The molecule has 2 atom stereocenters. The predicted molar refractivity (Wildman–Crippen MR) is 31.6 cm³/mol. The molecule has 0 N–H and O–H groups in total. The van der Waals surface area contributed by atoms with Crippen LogP contribution in [0.3, 0.4) is 0 Å². The molecular formula is C4H7I. The number of hydrogen-bond acceptors (Lipinski definition) is 0. The maximum atomic E-state index is 2.48. The van der Waals surface area contributed by atoms with Crippen LogP contribution in [-0.2, 0) is 0 Å². The first-order chi connectivity index (χ1) is 2.30. The summed E-state index contributed by atoms with van der Waals surface area (Å²) in [6, 6.07) is 0. The van der Waals surface area contributed by atoms with Crippen LogP contribution < -0.4 is 0 Å². The first-order valence-corrected chi connectivity index (χ1v) is 3.19. The van der Waals surface area contributed by atoms with Crippen molar-refractivity contribution in [2.45, 2.75) is 17.3 Å². The fraction of sp³-hybridized carbons (Fsp3) is 1.00. The second kappa shape index (κ2) is 1.10. The molecule has 1 unspecified atom stereocenters. The molecule has 1 rings (SSSR count). The van der Waals surface area contributed by atoms with E-state index in [9.17, 15) is 0 Å². The molecule has 1 fully saturated rings. The van der Waals surface area contributed by atoms with Gasteiger partial charge in [-0.2, -0.15) is 0 Å². The van der Waals surface area contributed by atoms with Gasteiger partial charge in [-0.15, -0.1) is 0 Å². The summed E-state index contributed by atoms with van der Waals surface area (Å²) in [4.78, 5) is 0. The lowest BCUT2D eigenvalue weighted by Crippen LogP contribution is -1.59. The molecule has 30 valence electrons. The van der Waals surface area contributed by atoms with Gasteiger partial charge in [0.2, 0.25) is 0 Å². The molecule has 0 aromatic heterocycles. The average Bonchev–Trinajstić information content (AvgIpc) is 1.79. The Morgan fingerprint density at radius 3 is 2.00 bits per heavy atom. The van der Waals surface area contributed by atoms with Gasteiger partial charge in [0, 0.05) is 3.92 Å². The van der Waals surface area contributed by atoms with Crippen LogP contribution in [0.25, 0.3) is 0 Å². The maximum Gasteiger partial charge on any atom is 0.0138 e. The Hall–Kier alpha value is 0.730. The van der Waals surface area contributed by atoms with Gasteiger partial charge in [0.1, 0.15) is 0 Å². The van der Waals surface area contributed by atoms with Crippen molar-refractivity contribution in [2.24, 2.45) is 5.92 Å². The lowest BCUT2D eigenvalue weighted by atomic mass is 10.5. The summed E-state index contributed by atoms with van der Waals surface area (Å²) in [5.41, 5.74) is 0. The normalized spacial score (nSPS) is 49.2. The second-order valence-electron chi connectivity index (χ2n) is 1.73. The molecule has 0 aromatic carbocycles. The SMILES string of the molecule is CC1C[C@H]1I. The van der Waals surface area contributed by atoms with Crippen LogP contribution in [0.2, 0.25) is 0 Å². The summed E-state index contributed by atoms with van der Waals surface area (Å²) in [5.74, 6) is 1.04. The monoisotopic (exact) mass is 182 g/mol. The Balaban J connectivity index is 2.20. The third kappa shape index (κ3) is 0.778. The molecule has 5 heavy (non-hydrogen) atoms. The quantitative estimate of drug-likeness (QED) is 0.396. The van der Waals surface area contributed by atoms with Gasteiger partial charge in [-0.3, -0.25) is 0 Å². The first-order valence-electron chi connectivity index (χ1n) is 1.95. The van der Waals surface area contributed by atoms with Crippen molar-refractivity contribution in [1.82, 2.24) is 0 Å². The van der Waals surface area contributed by atoms with Gasteiger partial charge < -0.3 is 0 Å². The van der Waals surface area contributed by atoms with Gasteiger partial charge >= 0.3 is 0 Å². The molecule has 1 heteroatoms. The van der Waals surface area contributed by atoms with Gasteiger partial charge in [-0.1, -0.05) is 29.5 Å². The smallest absolute Gasteiger partial charge is 0.0138 e. The van der Waals surface area contributed by atoms with Crippen LogP contribution in [0.5, 0.6) is 0 Å². The van der Waals surface area contributed by atoms with E-state index in [0.29, 0.717) is 0 Å². The van der Waals surface area contributed by atoms with Crippen molar-refractivity contribution in [3.05, 3.63) is 0 Å². The molecule has 0 nitrogen and oxygen atoms in total. The highest BCUT2D eigenvalue weighted by Crippen LogP contribution is 2.36. The minimum absolute atomic E-state index is 1.02. The molecule has 0 heterocycles. The standard InChI is InChI=1S/C4H7I/c1-3-2-4(3)5/h3-4H,2H2,1H3/t3?,4-/m1/s1. The number of halogens is 1. The summed E-state index contributed by atoms with van der Waals surface area (Å²) >= 11 is 2.48. The van der Waals surface area contributed by atoms with E-state index in [4.69, 9.17) is 0 Å². The summed E-state index contributed by atoms with van der Waals surface area (Å²) < 4.78 is 1.02. The summed E-state index contributed by atoms with van der Waals surface area (Å²) in [7, 11) is 0. The van der Waals surface area contributed by atoms with Gasteiger partial charge in [0.05, 0.1) is 0 Å². The molecule has 0 saturated heterocycles. The summed E-state index contributed by atoms with van der Waals surface area (Å²) in [5, 5.41) is 0. The highest BCUT2D eigenvalue weighted by atomic mass is 127. The number of rotatable bonds is 0. The molecule has 0 amide bonds. The Morgan fingerprint density at radius 2 is 2.00 bits per heavy atom. The van der Waals surface area contributed by atoms with Crippen molar-refractivity contribution >= 4 is 22.6 Å². The maximum absolute atomic E-state index is 2.48. The Bertz CT molecular complexity index is 36.9. The van der Waals surface area contributed by atoms with Crippen LogP contribution in [0.15, 0.2) is 0 Å². The summed E-state index contributed by atoms with van der Waals surface area (Å²) in [6.07, 6.45) is 1.46. The first kappa shape index (κ1) is 3.90. The Labute approximate surface area is 46.1 Å². The zero-order chi connectivity index (χ0) is 3.86. The van der Waals surface area contributed by atoms with Crippen molar-refractivity contribution in [2.75, 3.05) is 0 Å². The molecule has 0 spiro atoms. The van der Waals surface area contributed by atoms with Crippen LogP contribution in [0.1, 0.15) is 13.3 Å². The molecule has 0 aromatic rings. The fourth-order valence-corrected chi connectivity index (χ4v) is 1.08. The van der Waals surface area contributed by atoms with E-state index in [1.165, 1.54) is 6.42 Å². The van der Waals surface area contributed by atoms with Crippen LogP contribution in [0, 0.1) is 5.92 Å². The lowest BCUT2D eigenvalue weighted by molar-refractivity contribution is 0.994. The topological polar surface area (TPSA) is 0 Å². The van der Waals surface area contributed by atoms with Gasteiger partial charge in [-0.25, -0.2) is 0 Å². The highest BCUT2D eigenvalue weighted by Gasteiger charge is 2.28. The number of hydrogen-bond donors (Lipinski definition) is 0. The van der Waals surface area contributed by atoms with Crippen molar-refractivity contribution in [1.29, 1.82) is 0 Å². The third-order valence-electron chi connectivity index (χ3n) is 1.01. The molecule has 0 bridgehead atoms. The predicted octanol–water partition coefficient (Wildman–Crippen LogP) is 1.83. The van der Waals surface area contributed by atoms with Crippen LogP contribution in [0.4, 0.5) is 0 Å². The van der Waals surface area contributed by atoms with E-state index in [0.717, 1.165) is 9.84 Å². The Morgan fingerprint density at radius 1 is 1.80 bits per heavy atom. The van der Waals surface area contributed by atoms with E-state index >= 15 is 0 Å². The van der Waals surface area contributed by atoms with Crippen LogP contribution >= 0.6 is 22.6 Å². The third-order valence-corrected chi connectivity index (χ3v) is 2.75. The van der Waals surface area contributed by atoms with E-state index < -0.39 is 0 Å². The molecule has 1 aliphatic carbocycles. The zero-order valence-electron chi connectivity index (χ0n) is 3.24. The molecular weight excluding hydrogens is 175 g/mol. The number of alkyl halides is 1. The van der Waals surface area contributed by atoms with Gasteiger partial charge in [-0.05, 0) is 12.3 Å². The van der Waals surface area contributed by atoms with Crippen LogP contribution in [-0.4, -0.2) is 3.92 Å². The lowest BCUT2D eigenvalue weighted by Gasteiger charge is -1.64. The minimum atomic E-state index is 1.02. The Kier molecular flexibility index (Phi) is 0.860. The van der Waals surface area contributed by atoms with E-state index in [2.05, 4.69) is 29.5 Å². The van der Waals surface area contributed by atoms with Crippen molar-refractivity contribution in [3.8, 4) is 0 Å². The fourth-order valence-electron chi connectivity index (χ4n) is 0.277. The van der Waals surface area contributed by atoms with Crippen molar-refractivity contribution in [3.63, 3.8) is 0 Å². The minimum Gasteiger partial charge on any atom is -0.0823 e. The highest BCUT2D eigenvalue weighted by molar-refractivity contribution is 14.1. The zero-order valence-corrected chi connectivity index (χ0v) is 5.40. The molecule has 1 saturated carbocycles. The van der Waals surface area contributed by atoms with E-state index in [1.54, 1.807) is 0 Å². The molecule has 0 aliphatic heterocycles. The molecule has 1 aliphatic rings. The average molecular weight is 182 g/mol. The van der Waals surface area contributed by atoms with Gasteiger partial charge in [0.25, 0.3) is 0 Å².